The smallest absolute Gasteiger partial charge is 0.316 e. The Balaban J connectivity index is 2.08. The van der Waals surface area contributed by atoms with Crippen LogP contribution >= 0.6 is 0 Å². The van der Waals surface area contributed by atoms with Gasteiger partial charge in [-0.25, -0.2) is 4.21 Å². The first-order valence-corrected chi connectivity index (χ1v) is 9.05. The van der Waals surface area contributed by atoms with Crippen molar-refractivity contribution in [3.05, 3.63) is 29.8 Å². The summed E-state index contributed by atoms with van der Waals surface area (Å²) < 4.78 is 43.1. The molecule has 2 heterocycles. The number of hydrogen-bond acceptors (Lipinski definition) is 3. The number of carbonyl (C=O) groups excluding carboxylic acids is 1. The van der Waals surface area contributed by atoms with E-state index in [1.54, 1.807) is 11.0 Å². The van der Waals surface area contributed by atoms with Crippen molar-refractivity contribution in [1.82, 2.24) is 4.90 Å². The third-order valence-corrected chi connectivity index (χ3v) is 5.13. The van der Waals surface area contributed by atoms with Crippen molar-refractivity contribution in [2.75, 3.05) is 6.54 Å². The summed E-state index contributed by atoms with van der Waals surface area (Å²) in [6, 6.07) is 4.38. The van der Waals surface area contributed by atoms with Crippen molar-refractivity contribution >= 4 is 22.4 Å². The van der Waals surface area contributed by atoms with Crippen molar-refractivity contribution in [2.24, 2.45) is 0 Å². The minimum Gasteiger partial charge on any atom is -0.483 e. The predicted octanol–water partition coefficient (Wildman–Crippen LogP) is 3.54. The number of carbonyl (C=O) groups is 1. The quantitative estimate of drug-likeness (QED) is 0.833. The molecule has 1 unspecified atom stereocenters. The summed E-state index contributed by atoms with van der Waals surface area (Å²) in [5, 5.41) is 0. The monoisotopic (exact) mass is 355 g/mol. The summed E-state index contributed by atoms with van der Waals surface area (Å²) in [6.45, 7) is 4.33. The fourth-order valence-electron chi connectivity index (χ4n) is 3.03. The topological polar surface area (TPSA) is 46.6 Å². The average Bonchev–Trinajstić information content (AvgIpc) is 2.52. The first-order chi connectivity index (χ1) is 11.3. The Hall–Kier alpha value is -1.76. The number of ether oxygens (including phenoxy) is 1. The van der Waals surface area contributed by atoms with Crippen molar-refractivity contribution in [3.63, 3.8) is 0 Å². The maximum absolute atomic E-state index is 12.8. The van der Waals surface area contributed by atoms with Gasteiger partial charge < -0.3 is 9.64 Å². The van der Waals surface area contributed by atoms with Gasteiger partial charge in [-0.1, -0.05) is 0 Å². The second-order valence-corrected chi connectivity index (χ2v) is 7.88. The highest BCUT2D eigenvalue weighted by molar-refractivity contribution is 7.85. The van der Waals surface area contributed by atoms with Gasteiger partial charge in [-0.05, 0) is 51.0 Å². The van der Waals surface area contributed by atoms with Gasteiger partial charge in [0.05, 0.1) is 5.70 Å². The third-order valence-electron chi connectivity index (χ3n) is 4.09. The summed E-state index contributed by atoms with van der Waals surface area (Å²) in [5.41, 5.74) is 0.568. The van der Waals surface area contributed by atoms with Crippen molar-refractivity contribution in [2.45, 2.75) is 49.4 Å². The van der Waals surface area contributed by atoms with E-state index in [1.165, 1.54) is 12.1 Å². The van der Waals surface area contributed by atoms with Gasteiger partial charge in [0.2, 0.25) is 5.91 Å². The van der Waals surface area contributed by atoms with Crippen LogP contribution in [0.5, 0.6) is 5.75 Å². The van der Waals surface area contributed by atoms with Crippen LogP contribution in [-0.4, -0.2) is 32.9 Å². The van der Waals surface area contributed by atoms with Crippen LogP contribution in [0.2, 0.25) is 0 Å². The van der Waals surface area contributed by atoms with Gasteiger partial charge >= 0.3 is 5.76 Å². The van der Waals surface area contributed by atoms with Crippen LogP contribution in [0.3, 0.4) is 0 Å². The molecular weight excluding hydrogens is 336 g/mol. The van der Waals surface area contributed by atoms with Crippen molar-refractivity contribution in [3.8, 4) is 5.75 Å². The van der Waals surface area contributed by atoms with E-state index in [-0.39, 0.29) is 10.8 Å². The molecule has 0 spiro atoms. The molecule has 0 radical (unpaired) electrons. The lowest BCUT2D eigenvalue weighted by molar-refractivity contribution is -0.129. The molecule has 3 rings (SSSR count). The first kappa shape index (κ1) is 17.1. The standard InChI is InChI=1S/C17H19F2NO3S/c1-17(2)10-13(20-8-4-3-5-15(20)21)12-9-11(24(22)16(18)19)6-7-14(12)23-17/h6-7,9-10,16H,3-5,8H2,1-2H3. The van der Waals surface area contributed by atoms with E-state index >= 15 is 0 Å². The molecule has 24 heavy (non-hydrogen) atoms. The molecule has 1 fully saturated rings. The molecule has 130 valence electrons. The molecular formula is C17H19F2NO3S. The van der Waals surface area contributed by atoms with Crippen LogP contribution in [0, 0.1) is 0 Å². The van der Waals surface area contributed by atoms with Crippen LogP contribution in [0.25, 0.3) is 5.70 Å². The van der Waals surface area contributed by atoms with Crippen molar-refractivity contribution < 1.29 is 22.5 Å². The summed E-state index contributed by atoms with van der Waals surface area (Å²) in [4.78, 5) is 14.0. The lowest BCUT2D eigenvalue weighted by Crippen LogP contribution is -2.38. The zero-order valence-corrected chi connectivity index (χ0v) is 14.4. The van der Waals surface area contributed by atoms with Gasteiger partial charge in [0, 0.05) is 23.4 Å². The van der Waals surface area contributed by atoms with E-state index in [9.17, 15) is 17.8 Å². The van der Waals surface area contributed by atoms with E-state index in [0.29, 0.717) is 30.0 Å². The van der Waals surface area contributed by atoms with Crippen LogP contribution < -0.4 is 4.74 Å². The van der Waals surface area contributed by atoms with Gasteiger partial charge in [0.1, 0.15) is 22.2 Å². The lowest BCUT2D eigenvalue weighted by atomic mass is 9.96. The van der Waals surface area contributed by atoms with E-state index in [1.807, 2.05) is 19.9 Å². The number of fused-ring (bicyclic) bond motifs is 1. The molecule has 0 N–H and O–H groups in total. The van der Waals surface area contributed by atoms with E-state index in [2.05, 4.69) is 0 Å². The molecule has 1 amide bonds. The van der Waals surface area contributed by atoms with E-state index in [0.717, 1.165) is 12.8 Å². The zero-order chi connectivity index (χ0) is 17.5. The number of halogens is 2. The minimum absolute atomic E-state index is 0.0107. The molecule has 0 saturated carbocycles. The summed E-state index contributed by atoms with van der Waals surface area (Å²) in [5.74, 6) is -2.43. The largest absolute Gasteiger partial charge is 0.483 e. The summed E-state index contributed by atoms with van der Waals surface area (Å²) in [7, 11) is -2.40. The Labute approximate surface area is 141 Å². The fraction of sp³-hybridized carbons (Fsp3) is 0.471. The molecule has 2 aliphatic rings. The van der Waals surface area contributed by atoms with E-state index < -0.39 is 22.2 Å². The number of amides is 1. The van der Waals surface area contributed by atoms with Crippen LogP contribution in [0.4, 0.5) is 8.78 Å². The molecule has 1 atom stereocenters. The maximum atomic E-state index is 12.8. The van der Waals surface area contributed by atoms with Gasteiger partial charge in [0.15, 0.2) is 0 Å². The zero-order valence-electron chi connectivity index (χ0n) is 13.6. The Morgan fingerprint density at radius 1 is 1.29 bits per heavy atom. The molecule has 0 bridgehead atoms. The van der Waals surface area contributed by atoms with Crippen molar-refractivity contribution in [1.29, 1.82) is 0 Å². The first-order valence-electron chi connectivity index (χ1n) is 7.84. The van der Waals surface area contributed by atoms with Gasteiger partial charge in [-0.15, -0.1) is 0 Å². The van der Waals surface area contributed by atoms with Gasteiger partial charge in [-0.2, -0.15) is 8.78 Å². The highest BCUT2D eigenvalue weighted by Gasteiger charge is 2.33. The Kier molecular flexibility index (Phi) is 4.46. The summed E-state index contributed by atoms with van der Waals surface area (Å²) in [6.07, 6.45) is 4.04. The Bertz CT molecular complexity index is 731. The number of hydrogen-bond donors (Lipinski definition) is 0. The molecule has 2 aliphatic heterocycles. The lowest BCUT2D eigenvalue weighted by Gasteiger charge is -2.37. The third kappa shape index (κ3) is 3.22. The molecule has 1 aromatic rings. The Morgan fingerprint density at radius 2 is 2.04 bits per heavy atom. The average molecular weight is 355 g/mol. The number of piperidine rings is 1. The Morgan fingerprint density at radius 3 is 2.71 bits per heavy atom. The van der Waals surface area contributed by atoms with E-state index in [4.69, 9.17) is 4.74 Å². The van der Waals surface area contributed by atoms with Gasteiger partial charge in [-0.3, -0.25) is 4.79 Å². The van der Waals surface area contributed by atoms with Crippen LogP contribution in [-0.2, 0) is 15.6 Å². The molecule has 4 nitrogen and oxygen atoms in total. The molecule has 0 aliphatic carbocycles. The molecule has 0 aromatic heterocycles. The highest BCUT2D eigenvalue weighted by Crippen LogP contribution is 2.40. The molecule has 7 heteroatoms. The fourth-order valence-corrected chi connectivity index (χ4v) is 3.67. The molecule has 1 saturated heterocycles. The number of likely N-dealkylation sites (tertiary alicyclic amines) is 1. The number of rotatable bonds is 3. The maximum Gasteiger partial charge on any atom is 0.316 e. The second-order valence-electron chi connectivity index (χ2n) is 6.45. The minimum atomic E-state index is -2.95. The van der Waals surface area contributed by atoms with Gasteiger partial charge in [0.25, 0.3) is 0 Å². The SMILES string of the molecule is CC1(C)C=C(N2CCCCC2=O)c2cc(S(=O)C(F)F)ccc2O1. The number of benzene rings is 1. The predicted molar refractivity (Wildman–Crippen MR) is 87.1 cm³/mol. The van der Waals surface area contributed by atoms with Crippen LogP contribution in [0.1, 0.15) is 38.7 Å². The second kappa shape index (κ2) is 6.27. The number of nitrogens with zero attached hydrogens (tertiary/aromatic N) is 1. The highest BCUT2D eigenvalue weighted by atomic mass is 32.2. The summed E-state index contributed by atoms with van der Waals surface area (Å²) >= 11 is 0. The van der Waals surface area contributed by atoms with Crippen LogP contribution in [0.15, 0.2) is 29.2 Å². The molecule has 1 aromatic carbocycles. The normalized spacial score (nSPS) is 21.1. The number of alkyl halides is 2.